The summed E-state index contributed by atoms with van der Waals surface area (Å²) in [5.74, 6) is 0.276. The van der Waals surface area contributed by atoms with Gasteiger partial charge < -0.3 is 24.8 Å². The van der Waals surface area contributed by atoms with Gasteiger partial charge in [-0.1, -0.05) is 42.5 Å². The number of piperidine rings is 1. The minimum Gasteiger partial charge on any atom is -0.484 e. The minimum atomic E-state index is -0.799. The molecule has 3 aromatic rings. The van der Waals surface area contributed by atoms with Gasteiger partial charge in [-0.25, -0.2) is 0 Å². The number of hydrogen-bond donors (Lipinski definition) is 1. The molecule has 1 spiro atoms. The molecule has 2 aliphatic heterocycles. The highest BCUT2D eigenvalue weighted by Gasteiger charge is 2.54. The molecule has 39 heavy (non-hydrogen) atoms. The van der Waals surface area contributed by atoms with E-state index in [2.05, 4.69) is 15.2 Å². The fourth-order valence-corrected chi connectivity index (χ4v) is 5.31. The first-order chi connectivity index (χ1) is 19.0. The molecule has 2 saturated heterocycles. The number of nitrogens with one attached hydrogen (secondary N) is 1. The van der Waals surface area contributed by atoms with Crippen LogP contribution in [0, 0.1) is 0 Å². The van der Waals surface area contributed by atoms with Crippen molar-refractivity contribution in [2.24, 2.45) is 0 Å². The Morgan fingerprint density at radius 1 is 0.923 bits per heavy atom. The summed E-state index contributed by atoms with van der Waals surface area (Å²) < 4.78 is 5.65. The Hall–Kier alpha value is -4.40. The van der Waals surface area contributed by atoms with Crippen LogP contribution < -0.4 is 15.0 Å². The van der Waals surface area contributed by atoms with Crippen LogP contribution in [0.1, 0.15) is 18.5 Å². The minimum absolute atomic E-state index is 0.0142. The molecule has 0 radical (unpaired) electrons. The van der Waals surface area contributed by atoms with Gasteiger partial charge in [-0.2, -0.15) is 0 Å². The highest BCUT2D eigenvalue weighted by atomic mass is 16.5. The van der Waals surface area contributed by atoms with Crippen LogP contribution in [-0.4, -0.2) is 77.5 Å². The fraction of sp³-hybridized carbons (Fsp3) is 0.333. The summed E-state index contributed by atoms with van der Waals surface area (Å²) in [6.45, 7) is 1.60. The first-order valence-electron chi connectivity index (χ1n) is 13.3. The van der Waals surface area contributed by atoms with E-state index < -0.39 is 5.54 Å². The number of aromatic nitrogens is 1. The number of nitrogens with zero attached hydrogens (tertiary/aromatic N) is 4. The SMILES string of the molecule is O=C(CN1CN(c2ccccc2)C2(CCN(C(=O)COc3ccccc3)CC2)C1=O)NCCc1ccccn1. The van der Waals surface area contributed by atoms with Crippen molar-refractivity contribution in [1.29, 1.82) is 0 Å². The van der Waals surface area contributed by atoms with Gasteiger partial charge in [0.05, 0.1) is 6.67 Å². The summed E-state index contributed by atoms with van der Waals surface area (Å²) in [5.41, 5.74) is 1.03. The molecule has 3 amide bonds. The van der Waals surface area contributed by atoms with E-state index in [9.17, 15) is 14.4 Å². The van der Waals surface area contributed by atoms with E-state index in [1.807, 2.05) is 78.9 Å². The lowest BCUT2D eigenvalue weighted by Gasteiger charge is -2.43. The van der Waals surface area contributed by atoms with Gasteiger partial charge in [-0.05, 0) is 49.2 Å². The number of anilines is 1. The van der Waals surface area contributed by atoms with Gasteiger partial charge >= 0.3 is 0 Å². The van der Waals surface area contributed by atoms with Gasteiger partial charge in [0, 0.05) is 43.6 Å². The largest absolute Gasteiger partial charge is 0.484 e. The Balaban J connectivity index is 1.22. The lowest BCUT2D eigenvalue weighted by atomic mass is 9.85. The lowest BCUT2D eigenvalue weighted by molar-refractivity contribution is -0.140. The number of para-hydroxylation sites is 2. The Bertz CT molecular complexity index is 1260. The van der Waals surface area contributed by atoms with Crippen LogP contribution >= 0.6 is 0 Å². The number of rotatable bonds is 9. The molecular formula is C30H33N5O4. The maximum atomic E-state index is 13.9. The van der Waals surface area contributed by atoms with E-state index in [0.717, 1.165) is 11.4 Å². The van der Waals surface area contributed by atoms with Crippen molar-refractivity contribution in [1.82, 2.24) is 20.1 Å². The zero-order valence-electron chi connectivity index (χ0n) is 21.9. The number of likely N-dealkylation sites (tertiary alicyclic amines) is 1. The molecule has 1 aromatic heterocycles. The van der Waals surface area contributed by atoms with E-state index in [-0.39, 0.29) is 30.9 Å². The van der Waals surface area contributed by atoms with Crippen LogP contribution in [-0.2, 0) is 20.8 Å². The molecule has 3 heterocycles. The van der Waals surface area contributed by atoms with Gasteiger partial charge in [0.1, 0.15) is 17.8 Å². The molecular weight excluding hydrogens is 494 g/mol. The third-order valence-corrected chi connectivity index (χ3v) is 7.39. The zero-order valence-corrected chi connectivity index (χ0v) is 21.9. The van der Waals surface area contributed by atoms with Crippen molar-refractivity contribution in [3.05, 3.63) is 90.8 Å². The first-order valence-corrected chi connectivity index (χ1v) is 13.3. The molecule has 0 saturated carbocycles. The standard InChI is InChI=1S/C30H33N5O4/c36-27(32-18-14-24-9-7-8-17-31-24)21-34-23-35(25-10-3-1-4-11-25)30(29(34)38)15-19-33(20-16-30)28(37)22-39-26-12-5-2-6-13-26/h1-13,17H,14-16,18-23H2,(H,32,36). The van der Waals surface area contributed by atoms with Gasteiger partial charge in [-0.15, -0.1) is 0 Å². The van der Waals surface area contributed by atoms with E-state index in [0.29, 0.717) is 51.3 Å². The molecule has 0 unspecified atom stereocenters. The molecule has 5 rings (SSSR count). The van der Waals surface area contributed by atoms with Crippen LogP contribution in [0.5, 0.6) is 5.75 Å². The second-order valence-corrected chi connectivity index (χ2v) is 9.84. The van der Waals surface area contributed by atoms with Crippen LogP contribution in [0.25, 0.3) is 0 Å². The smallest absolute Gasteiger partial charge is 0.260 e. The van der Waals surface area contributed by atoms with Crippen LogP contribution in [0.2, 0.25) is 0 Å². The second-order valence-electron chi connectivity index (χ2n) is 9.84. The van der Waals surface area contributed by atoms with Crippen LogP contribution in [0.3, 0.4) is 0 Å². The molecule has 9 nitrogen and oxygen atoms in total. The predicted molar refractivity (Wildman–Crippen MR) is 147 cm³/mol. The molecule has 0 bridgehead atoms. The van der Waals surface area contributed by atoms with Gasteiger partial charge in [0.15, 0.2) is 6.61 Å². The van der Waals surface area contributed by atoms with E-state index in [1.54, 1.807) is 16.0 Å². The average Bonchev–Trinajstić information content (AvgIpc) is 3.24. The Morgan fingerprint density at radius 2 is 1.62 bits per heavy atom. The number of ether oxygens (including phenoxy) is 1. The summed E-state index contributed by atoms with van der Waals surface area (Å²) in [6, 6.07) is 24.7. The van der Waals surface area contributed by atoms with Crippen molar-refractivity contribution < 1.29 is 19.1 Å². The third-order valence-electron chi connectivity index (χ3n) is 7.39. The number of pyridine rings is 1. The molecule has 0 aliphatic carbocycles. The number of benzene rings is 2. The number of carbonyl (C=O) groups excluding carboxylic acids is 3. The lowest BCUT2D eigenvalue weighted by Crippen LogP contribution is -2.58. The monoisotopic (exact) mass is 527 g/mol. The maximum Gasteiger partial charge on any atom is 0.260 e. The normalized spacial score (nSPS) is 16.4. The zero-order chi connectivity index (χ0) is 27.1. The molecule has 202 valence electrons. The van der Waals surface area contributed by atoms with Crippen molar-refractivity contribution in [3.63, 3.8) is 0 Å². The Morgan fingerprint density at radius 3 is 2.31 bits per heavy atom. The van der Waals surface area contributed by atoms with Crippen molar-refractivity contribution >= 4 is 23.4 Å². The summed E-state index contributed by atoms with van der Waals surface area (Å²) >= 11 is 0. The van der Waals surface area contributed by atoms with E-state index in [1.165, 1.54) is 0 Å². The van der Waals surface area contributed by atoms with E-state index >= 15 is 0 Å². The second kappa shape index (κ2) is 12.0. The molecule has 9 heteroatoms. The van der Waals surface area contributed by atoms with Crippen molar-refractivity contribution in [2.45, 2.75) is 24.8 Å². The highest BCUT2D eigenvalue weighted by molar-refractivity contribution is 5.96. The predicted octanol–water partition coefficient (Wildman–Crippen LogP) is 2.49. The van der Waals surface area contributed by atoms with Gasteiger partial charge in [-0.3, -0.25) is 19.4 Å². The van der Waals surface area contributed by atoms with Crippen LogP contribution in [0.4, 0.5) is 5.69 Å². The number of amides is 3. The summed E-state index contributed by atoms with van der Waals surface area (Å²) in [6.07, 6.45) is 3.32. The molecule has 2 fully saturated rings. The summed E-state index contributed by atoms with van der Waals surface area (Å²) in [7, 11) is 0. The van der Waals surface area contributed by atoms with Gasteiger partial charge in [0.25, 0.3) is 11.8 Å². The molecule has 1 N–H and O–H groups in total. The quantitative estimate of drug-likeness (QED) is 0.460. The molecule has 0 atom stereocenters. The van der Waals surface area contributed by atoms with Gasteiger partial charge in [0.2, 0.25) is 5.91 Å². The first kappa shape index (κ1) is 26.2. The topological polar surface area (TPSA) is 95.1 Å². The van der Waals surface area contributed by atoms with Crippen LogP contribution in [0.15, 0.2) is 85.1 Å². The van der Waals surface area contributed by atoms with Crippen molar-refractivity contribution in [2.75, 3.05) is 44.4 Å². The summed E-state index contributed by atoms with van der Waals surface area (Å²) in [4.78, 5) is 49.2. The fourth-order valence-electron chi connectivity index (χ4n) is 5.31. The number of carbonyl (C=O) groups is 3. The Labute approximate surface area is 228 Å². The van der Waals surface area contributed by atoms with E-state index in [4.69, 9.17) is 4.74 Å². The maximum absolute atomic E-state index is 13.9. The molecule has 2 aromatic carbocycles. The Kier molecular flexibility index (Phi) is 8.05. The third kappa shape index (κ3) is 6.03. The summed E-state index contributed by atoms with van der Waals surface area (Å²) in [5, 5.41) is 2.92. The highest BCUT2D eigenvalue weighted by Crippen LogP contribution is 2.39. The number of hydrogen-bond acceptors (Lipinski definition) is 6. The average molecular weight is 528 g/mol. The van der Waals surface area contributed by atoms with Crippen molar-refractivity contribution in [3.8, 4) is 5.75 Å². The molecule has 2 aliphatic rings.